The van der Waals surface area contributed by atoms with Gasteiger partial charge in [0.2, 0.25) is 5.91 Å². The molecule has 11 heteroatoms. The van der Waals surface area contributed by atoms with Crippen LogP contribution >= 0.6 is 11.6 Å². The maximum atomic E-state index is 12.9. The fraction of sp³-hybridized carbons (Fsp3) is 0.250. The molecule has 4 aromatic rings. The molecule has 0 spiro atoms. The van der Waals surface area contributed by atoms with Crippen molar-refractivity contribution in [3.05, 3.63) is 86.9 Å². The number of fused-ring (bicyclic) bond motifs is 1. The first-order valence-electron chi connectivity index (χ1n) is 10.8. The minimum absolute atomic E-state index is 0.0197. The number of hydrogen-bond donors (Lipinski definition) is 1. The van der Waals surface area contributed by atoms with Crippen LogP contribution in [-0.4, -0.2) is 25.5 Å². The fourth-order valence-electron chi connectivity index (χ4n) is 3.61. The summed E-state index contributed by atoms with van der Waals surface area (Å²) in [5.74, 6) is -0.333. The molecule has 0 unspecified atom stereocenters. The minimum atomic E-state index is -4.44. The summed E-state index contributed by atoms with van der Waals surface area (Å²) in [5.41, 5.74) is 0.841. The van der Waals surface area contributed by atoms with Crippen LogP contribution in [0.4, 0.5) is 13.2 Å². The van der Waals surface area contributed by atoms with Crippen LogP contribution in [0, 0.1) is 6.92 Å². The molecular weight excluding hydrogens is 483 g/mol. The van der Waals surface area contributed by atoms with Crippen LogP contribution in [0.5, 0.6) is 0 Å². The summed E-state index contributed by atoms with van der Waals surface area (Å²) >= 11 is 5.93. The maximum Gasteiger partial charge on any atom is 0.416 e. The summed E-state index contributed by atoms with van der Waals surface area (Å²) in [4.78, 5) is 25.1. The number of nitrogens with zero attached hydrogens (tertiary/aromatic N) is 4. The fourth-order valence-corrected chi connectivity index (χ4v) is 3.74. The zero-order valence-electron chi connectivity index (χ0n) is 18.6. The molecule has 35 heavy (non-hydrogen) atoms. The monoisotopic (exact) mass is 503 g/mol. The van der Waals surface area contributed by atoms with Crippen LogP contribution in [-0.2, 0) is 24.1 Å². The molecule has 0 aliphatic rings. The molecule has 0 fully saturated rings. The minimum Gasteiger partial charge on any atom is -0.352 e. The van der Waals surface area contributed by atoms with Gasteiger partial charge in [-0.2, -0.15) is 23.4 Å². The molecule has 0 aliphatic carbocycles. The van der Waals surface area contributed by atoms with E-state index in [0.717, 1.165) is 17.8 Å². The Morgan fingerprint density at radius 3 is 2.57 bits per heavy atom. The molecule has 1 amide bonds. The Kier molecular flexibility index (Phi) is 6.93. The summed E-state index contributed by atoms with van der Waals surface area (Å²) in [5, 5.41) is 12.6. The average Bonchev–Trinajstić information content (AvgIpc) is 3.27. The van der Waals surface area contributed by atoms with Crippen molar-refractivity contribution in [2.45, 2.75) is 39.0 Å². The highest BCUT2D eigenvalue weighted by Gasteiger charge is 2.30. The number of carbonyl (C=O) groups excluding carboxylic acids is 1. The molecular formula is C24H21ClF3N5O2. The van der Waals surface area contributed by atoms with E-state index in [1.165, 1.54) is 16.8 Å². The summed E-state index contributed by atoms with van der Waals surface area (Å²) in [6.45, 7) is 1.95. The van der Waals surface area contributed by atoms with E-state index < -0.39 is 11.7 Å². The Morgan fingerprint density at radius 1 is 1.11 bits per heavy atom. The van der Waals surface area contributed by atoms with E-state index in [1.54, 1.807) is 42.1 Å². The third kappa shape index (κ3) is 5.71. The van der Waals surface area contributed by atoms with Gasteiger partial charge in [0.15, 0.2) is 5.52 Å². The van der Waals surface area contributed by atoms with E-state index >= 15 is 0 Å². The van der Waals surface area contributed by atoms with E-state index in [0.29, 0.717) is 28.1 Å². The van der Waals surface area contributed by atoms with E-state index in [1.807, 2.05) is 0 Å². The second-order valence-corrected chi connectivity index (χ2v) is 8.44. The van der Waals surface area contributed by atoms with Crippen molar-refractivity contribution in [3.8, 4) is 5.69 Å². The van der Waals surface area contributed by atoms with Gasteiger partial charge in [-0.05, 0) is 55.3 Å². The van der Waals surface area contributed by atoms with Crippen LogP contribution in [0.25, 0.3) is 16.6 Å². The topological polar surface area (TPSA) is 81.8 Å². The molecule has 182 valence electrons. The van der Waals surface area contributed by atoms with Gasteiger partial charge in [0.25, 0.3) is 5.56 Å². The molecule has 2 aromatic heterocycles. The molecule has 7 nitrogen and oxygen atoms in total. The largest absolute Gasteiger partial charge is 0.416 e. The van der Waals surface area contributed by atoms with Crippen molar-refractivity contribution >= 4 is 28.4 Å². The van der Waals surface area contributed by atoms with Crippen molar-refractivity contribution in [1.29, 1.82) is 0 Å². The molecule has 1 N–H and O–H groups in total. The second kappa shape index (κ2) is 9.91. The van der Waals surface area contributed by atoms with Gasteiger partial charge in [0.1, 0.15) is 0 Å². The summed E-state index contributed by atoms with van der Waals surface area (Å²) in [6.07, 6.45) is -2.30. The van der Waals surface area contributed by atoms with Gasteiger partial charge in [-0.25, -0.2) is 9.36 Å². The number of carbonyl (C=O) groups is 1. The number of halogens is 4. The number of hydrogen-bond acceptors (Lipinski definition) is 4. The predicted molar refractivity (Wildman–Crippen MR) is 125 cm³/mol. The summed E-state index contributed by atoms with van der Waals surface area (Å²) in [7, 11) is 0. The average molecular weight is 504 g/mol. The van der Waals surface area contributed by atoms with Crippen LogP contribution in [0.3, 0.4) is 0 Å². The van der Waals surface area contributed by atoms with E-state index in [-0.39, 0.29) is 36.5 Å². The molecule has 0 atom stereocenters. The highest BCUT2D eigenvalue weighted by molar-refractivity contribution is 6.30. The van der Waals surface area contributed by atoms with Crippen molar-refractivity contribution in [2.24, 2.45) is 0 Å². The lowest BCUT2D eigenvalue weighted by Gasteiger charge is -2.10. The highest BCUT2D eigenvalue weighted by Crippen LogP contribution is 2.29. The van der Waals surface area contributed by atoms with Crippen LogP contribution < -0.4 is 10.9 Å². The Balaban J connectivity index is 1.38. The Morgan fingerprint density at radius 2 is 1.86 bits per heavy atom. The molecule has 2 heterocycles. The van der Waals surface area contributed by atoms with Gasteiger partial charge >= 0.3 is 6.18 Å². The second-order valence-electron chi connectivity index (χ2n) is 8.00. The number of aryl methyl sites for hydroxylation is 2. The first kappa shape index (κ1) is 24.5. The Bertz CT molecular complexity index is 1430. The van der Waals surface area contributed by atoms with E-state index in [4.69, 9.17) is 11.6 Å². The Labute approximate surface area is 203 Å². The van der Waals surface area contributed by atoms with Crippen LogP contribution in [0.15, 0.2) is 59.5 Å². The van der Waals surface area contributed by atoms with E-state index in [2.05, 4.69) is 15.5 Å². The number of nitrogens with one attached hydrogen (secondary N) is 1. The predicted octanol–water partition coefficient (Wildman–Crippen LogP) is 4.66. The van der Waals surface area contributed by atoms with Crippen molar-refractivity contribution in [1.82, 2.24) is 24.9 Å². The standard InChI is InChI=1S/C24H21ClF3N5O2/c1-15-20-14-33(19-9-7-18(25)8-10-19)31-22(20)23(35)32(30-15)11-3-6-21(34)29-13-16-4-2-5-17(12-16)24(26,27)28/h2,4-5,7-10,12,14H,3,6,11,13H2,1H3,(H,29,34). The lowest BCUT2D eigenvalue weighted by Crippen LogP contribution is -2.26. The molecule has 0 saturated heterocycles. The van der Waals surface area contributed by atoms with Gasteiger partial charge < -0.3 is 5.32 Å². The summed E-state index contributed by atoms with van der Waals surface area (Å²) in [6, 6.07) is 11.8. The van der Waals surface area contributed by atoms with Gasteiger partial charge in [-0.1, -0.05) is 23.7 Å². The third-order valence-corrected chi connectivity index (χ3v) is 5.67. The molecule has 0 radical (unpaired) electrons. The van der Waals surface area contributed by atoms with Crippen molar-refractivity contribution < 1.29 is 18.0 Å². The number of rotatable bonds is 7. The SMILES string of the molecule is Cc1nn(CCCC(=O)NCc2cccc(C(F)(F)F)c2)c(=O)c2nn(-c3ccc(Cl)cc3)cc12. The van der Waals surface area contributed by atoms with Gasteiger partial charge in [0, 0.05) is 36.1 Å². The smallest absolute Gasteiger partial charge is 0.352 e. The van der Waals surface area contributed by atoms with Crippen LogP contribution in [0.2, 0.25) is 5.02 Å². The van der Waals surface area contributed by atoms with Crippen molar-refractivity contribution in [3.63, 3.8) is 0 Å². The van der Waals surface area contributed by atoms with E-state index in [9.17, 15) is 22.8 Å². The number of alkyl halides is 3. The third-order valence-electron chi connectivity index (χ3n) is 5.42. The highest BCUT2D eigenvalue weighted by atomic mass is 35.5. The van der Waals surface area contributed by atoms with Gasteiger partial charge in [-0.15, -0.1) is 0 Å². The molecule has 0 saturated carbocycles. The number of aromatic nitrogens is 4. The lowest BCUT2D eigenvalue weighted by atomic mass is 10.1. The maximum absolute atomic E-state index is 12.9. The normalized spacial score (nSPS) is 11.7. The first-order chi connectivity index (χ1) is 16.6. The van der Waals surface area contributed by atoms with Crippen molar-refractivity contribution in [2.75, 3.05) is 0 Å². The zero-order chi connectivity index (χ0) is 25.2. The Hall–Kier alpha value is -3.66. The number of amides is 1. The quantitative estimate of drug-likeness (QED) is 0.398. The molecule has 0 aliphatic heterocycles. The molecule has 2 aromatic carbocycles. The molecule has 0 bridgehead atoms. The first-order valence-corrected chi connectivity index (χ1v) is 11.2. The van der Waals surface area contributed by atoms with Gasteiger partial charge in [0.05, 0.1) is 16.9 Å². The summed E-state index contributed by atoms with van der Waals surface area (Å²) < 4.78 is 41.3. The zero-order valence-corrected chi connectivity index (χ0v) is 19.4. The van der Waals surface area contributed by atoms with Gasteiger partial charge in [-0.3, -0.25) is 9.59 Å². The molecule has 4 rings (SSSR count). The number of benzene rings is 2. The lowest BCUT2D eigenvalue weighted by molar-refractivity contribution is -0.137. The van der Waals surface area contributed by atoms with Crippen LogP contribution in [0.1, 0.15) is 29.7 Å².